The molecule has 112 valence electrons. The lowest BCUT2D eigenvalue weighted by molar-refractivity contribution is 0.0998. The van der Waals surface area contributed by atoms with Crippen molar-refractivity contribution in [2.24, 2.45) is 5.73 Å². The Labute approximate surface area is 125 Å². The molecule has 1 aromatic heterocycles. The summed E-state index contributed by atoms with van der Waals surface area (Å²) in [6.45, 7) is 1.79. The molecule has 0 aliphatic rings. The maximum atomic E-state index is 12.9. The molecular weight excluding hydrogens is 285 g/mol. The van der Waals surface area contributed by atoms with E-state index in [1.165, 1.54) is 18.2 Å². The van der Waals surface area contributed by atoms with E-state index in [1.807, 2.05) is 0 Å². The van der Waals surface area contributed by atoms with E-state index < -0.39 is 5.91 Å². The number of nitrogens with one attached hydrogen (secondary N) is 1. The lowest BCUT2D eigenvalue weighted by Crippen LogP contribution is -2.11. The van der Waals surface area contributed by atoms with E-state index in [0.717, 1.165) is 11.1 Å². The summed E-state index contributed by atoms with van der Waals surface area (Å²) in [5.41, 5.74) is 7.89. The number of aromatic nitrogens is 2. The molecule has 1 amide bonds. The van der Waals surface area contributed by atoms with E-state index in [0.29, 0.717) is 23.3 Å². The van der Waals surface area contributed by atoms with Crippen molar-refractivity contribution >= 4 is 16.9 Å². The molecular formula is C16H14FN3O2. The maximum Gasteiger partial charge on any atom is 0.252 e. The molecule has 0 atom stereocenters. The lowest BCUT2D eigenvalue weighted by atomic mass is 10.1. The number of aromatic hydroxyl groups is 1. The maximum absolute atomic E-state index is 12.9. The second kappa shape index (κ2) is 5.14. The standard InChI is InChI=1S/C16H14FN3O2/c1-8-6-11(16(18)22)15(21)14-13(8)19-12(20-14)7-9-2-4-10(17)5-3-9/h2-6,21H,7H2,1H3,(H2,18,22)(H,19,20). The smallest absolute Gasteiger partial charge is 0.252 e. The van der Waals surface area contributed by atoms with Crippen LogP contribution in [0.15, 0.2) is 30.3 Å². The van der Waals surface area contributed by atoms with E-state index in [1.54, 1.807) is 19.1 Å². The third-order valence-electron chi connectivity index (χ3n) is 3.53. The topological polar surface area (TPSA) is 92.0 Å². The molecule has 0 saturated heterocycles. The zero-order chi connectivity index (χ0) is 15.9. The number of aryl methyl sites for hydroxylation is 1. The van der Waals surface area contributed by atoms with Crippen LogP contribution >= 0.6 is 0 Å². The first-order valence-electron chi connectivity index (χ1n) is 6.71. The number of H-pyrrole nitrogens is 1. The van der Waals surface area contributed by atoms with Gasteiger partial charge in [-0.15, -0.1) is 0 Å². The van der Waals surface area contributed by atoms with Crippen molar-refractivity contribution in [3.05, 3.63) is 58.7 Å². The Bertz CT molecular complexity index is 869. The summed E-state index contributed by atoms with van der Waals surface area (Å²) in [7, 11) is 0. The van der Waals surface area contributed by atoms with Crippen molar-refractivity contribution in [3.8, 4) is 5.75 Å². The Morgan fingerprint density at radius 2 is 2.05 bits per heavy atom. The zero-order valence-electron chi connectivity index (χ0n) is 11.9. The monoisotopic (exact) mass is 299 g/mol. The molecule has 0 unspecified atom stereocenters. The molecule has 0 radical (unpaired) electrons. The van der Waals surface area contributed by atoms with Crippen LogP contribution in [0.2, 0.25) is 0 Å². The first kappa shape index (κ1) is 14.1. The van der Waals surface area contributed by atoms with Crippen molar-refractivity contribution in [1.29, 1.82) is 0 Å². The van der Waals surface area contributed by atoms with Gasteiger partial charge < -0.3 is 15.8 Å². The minimum absolute atomic E-state index is 0.0574. The van der Waals surface area contributed by atoms with Gasteiger partial charge in [0.05, 0.1) is 11.1 Å². The van der Waals surface area contributed by atoms with Crippen LogP contribution in [0.4, 0.5) is 4.39 Å². The van der Waals surface area contributed by atoms with Gasteiger partial charge in [0.2, 0.25) is 0 Å². The van der Waals surface area contributed by atoms with E-state index in [9.17, 15) is 14.3 Å². The molecule has 0 bridgehead atoms. The fraction of sp³-hybridized carbons (Fsp3) is 0.125. The predicted molar refractivity (Wildman–Crippen MR) is 80.2 cm³/mol. The molecule has 0 spiro atoms. The highest BCUT2D eigenvalue weighted by Crippen LogP contribution is 2.30. The molecule has 0 aliphatic carbocycles. The molecule has 22 heavy (non-hydrogen) atoms. The van der Waals surface area contributed by atoms with E-state index >= 15 is 0 Å². The number of fused-ring (bicyclic) bond motifs is 1. The van der Waals surface area contributed by atoms with Gasteiger partial charge in [-0.1, -0.05) is 12.1 Å². The van der Waals surface area contributed by atoms with Crippen LogP contribution in [-0.4, -0.2) is 21.0 Å². The molecule has 0 saturated carbocycles. The normalized spacial score (nSPS) is 11.0. The number of nitrogens with zero attached hydrogens (tertiary/aromatic N) is 1. The second-order valence-electron chi connectivity index (χ2n) is 5.16. The van der Waals surface area contributed by atoms with E-state index in [2.05, 4.69) is 9.97 Å². The van der Waals surface area contributed by atoms with Gasteiger partial charge in [0.15, 0.2) is 5.75 Å². The predicted octanol–water partition coefficient (Wildman–Crippen LogP) is 2.41. The van der Waals surface area contributed by atoms with Crippen LogP contribution < -0.4 is 5.73 Å². The Morgan fingerprint density at radius 1 is 1.36 bits per heavy atom. The average molecular weight is 299 g/mol. The van der Waals surface area contributed by atoms with Crippen LogP contribution in [-0.2, 0) is 6.42 Å². The molecule has 0 fully saturated rings. The number of hydrogen-bond donors (Lipinski definition) is 3. The summed E-state index contributed by atoms with van der Waals surface area (Å²) < 4.78 is 12.9. The van der Waals surface area contributed by atoms with Gasteiger partial charge in [-0.2, -0.15) is 0 Å². The van der Waals surface area contributed by atoms with E-state index in [4.69, 9.17) is 5.73 Å². The van der Waals surface area contributed by atoms with Crippen LogP contribution in [0.5, 0.6) is 5.75 Å². The lowest BCUT2D eigenvalue weighted by Gasteiger charge is -2.03. The van der Waals surface area contributed by atoms with Gasteiger partial charge >= 0.3 is 0 Å². The van der Waals surface area contributed by atoms with Gasteiger partial charge in [0, 0.05) is 6.42 Å². The second-order valence-corrected chi connectivity index (χ2v) is 5.16. The number of hydrogen-bond acceptors (Lipinski definition) is 3. The van der Waals surface area contributed by atoms with Crippen molar-refractivity contribution in [3.63, 3.8) is 0 Å². The summed E-state index contributed by atoms with van der Waals surface area (Å²) >= 11 is 0. The van der Waals surface area contributed by atoms with Gasteiger partial charge in [0.25, 0.3) is 5.91 Å². The number of halogens is 1. The number of aromatic amines is 1. The molecule has 6 heteroatoms. The molecule has 1 heterocycles. The summed E-state index contributed by atoms with van der Waals surface area (Å²) in [4.78, 5) is 18.8. The molecule has 5 nitrogen and oxygen atoms in total. The first-order chi connectivity index (χ1) is 10.5. The molecule has 4 N–H and O–H groups in total. The summed E-state index contributed by atoms with van der Waals surface area (Å²) in [5.74, 6) is -0.585. The quantitative estimate of drug-likeness (QED) is 0.693. The molecule has 3 aromatic rings. The van der Waals surface area contributed by atoms with Crippen LogP contribution in [0.3, 0.4) is 0 Å². The van der Waals surface area contributed by atoms with Crippen LogP contribution in [0, 0.1) is 12.7 Å². The van der Waals surface area contributed by atoms with Crippen molar-refractivity contribution in [2.45, 2.75) is 13.3 Å². The highest BCUT2D eigenvalue weighted by Gasteiger charge is 2.17. The number of phenols is 1. The van der Waals surface area contributed by atoms with Gasteiger partial charge in [-0.25, -0.2) is 9.37 Å². The number of nitrogens with two attached hydrogens (primary N) is 1. The number of carbonyl (C=O) groups is 1. The zero-order valence-corrected chi connectivity index (χ0v) is 11.9. The van der Waals surface area contributed by atoms with Crippen molar-refractivity contribution in [1.82, 2.24) is 9.97 Å². The van der Waals surface area contributed by atoms with Crippen molar-refractivity contribution < 1.29 is 14.3 Å². The highest BCUT2D eigenvalue weighted by atomic mass is 19.1. The largest absolute Gasteiger partial charge is 0.505 e. The van der Waals surface area contributed by atoms with E-state index in [-0.39, 0.29) is 17.1 Å². The SMILES string of the molecule is Cc1cc(C(N)=O)c(O)c2[nH]c(Cc3ccc(F)cc3)nc12. The third-order valence-corrected chi connectivity index (χ3v) is 3.53. The minimum atomic E-state index is -0.697. The summed E-state index contributed by atoms with van der Waals surface area (Å²) in [6.07, 6.45) is 0.458. The summed E-state index contributed by atoms with van der Waals surface area (Å²) in [6, 6.07) is 7.62. The fourth-order valence-corrected chi connectivity index (χ4v) is 2.43. The number of imidazole rings is 1. The molecule has 0 aliphatic heterocycles. The summed E-state index contributed by atoms with van der Waals surface area (Å²) in [5, 5.41) is 10.1. The number of benzene rings is 2. The Kier molecular flexibility index (Phi) is 3.29. The first-order valence-corrected chi connectivity index (χ1v) is 6.71. The van der Waals surface area contributed by atoms with Crippen LogP contribution in [0.25, 0.3) is 11.0 Å². The molecule has 2 aromatic carbocycles. The Hall–Kier alpha value is -2.89. The Morgan fingerprint density at radius 3 is 2.68 bits per heavy atom. The number of rotatable bonds is 3. The number of amides is 1. The number of carbonyl (C=O) groups excluding carboxylic acids is 1. The third kappa shape index (κ3) is 2.39. The highest BCUT2D eigenvalue weighted by molar-refractivity contribution is 6.02. The van der Waals surface area contributed by atoms with Gasteiger partial charge in [-0.05, 0) is 36.2 Å². The minimum Gasteiger partial charge on any atom is -0.505 e. The van der Waals surface area contributed by atoms with Crippen LogP contribution in [0.1, 0.15) is 27.3 Å². The fourth-order valence-electron chi connectivity index (χ4n) is 2.43. The van der Waals surface area contributed by atoms with Crippen molar-refractivity contribution in [2.75, 3.05) is 0 Å². The average Bonchev–Trinajstić information content (AvgIpc) is 2.90. The van der Waals surface area contributed by atoms with Gasteiger partial charge in [0.1, 0.15) is 17.2 Å². The van der Waals surface area contributed by atoms with Gasteiger partial charge in [-0.3, -0.25) is 4.79 Å². The number of primary amides is 1. The Balaban J connectivity index is 2.06. The molecule has 3 rings (SSSR count).